The first-order valence-corrected chi connectivity index (χ1v) is 14.2. The van der Waals surface area contributed by atoms with Gasteiger partial charge < -0.3 is 14.5 Å². The molecule has 0 aliphatic carbocycles. The van der Waals surface area contributed by atoms with E-state index in [1.165, 1.54) is 10.6 Å². The van der Waals surface area contributed by atoms with E-state index < -0.39 is 5.69 Å². The molecule has 42 heavy (non-hydrogen) atoms. The number of piperazine rings is 1. The Morgan fingerprint density at radius 1 is 1.12 bits per heavy atom. The highest BCUT2D eigenvalue weighted by Gasteiger charge is 2.34. The number of methoxy groups -OCH3 is 1. The van der Waals surface area contributed by atoms with Crippen LogP contribution in [0.2, 0.25) is 5.02 Å². The lowest BCUT2D eigenvalue weighted by Gasteiger charge is -2.44. The van der Waals surface area contributed by atoms with Crippen LogP contribution in [0.3, 0.4) is 0 Å². The summed E-state index contributed by atoms with van der Waals surface area (Å²) >= 11 is 6.91. The number of fused-ring (bicyclic) bond motifs is 1. The summed E-state index contributed by atoms with van der Waals surface area (Å²) in [6, 6.07) is 6.92. The van der Waals surface area contributed by atoms with Gasteiger partial charge in [-0.25, -0.2) is 14.3 Å². The van der Waals surface area contributed by atoms with Crippen LogP contribution in [0, 0.1) is 6.92 Å². The number of aromatic nitrogens is 5. The summed E-state index contributed by atoms with van der Waals surface area (Å²) in [5.41, 5.74) is 2.96. The van der Waals surface area contributed by atoms with Crippen molar-refractivity contribution in [3.05, 3.63) is 76.1 Å². The summed E-state index contributed by atoms with van der Waals surface area (Å²) in [5.74, 6) is 0.855. The van der Waals surface area contributed by atoms with Crippen molar-refractivity contribution in [1.29, 1.82) is 0 Å². The van der Waals surface area contributed by atoms with Gasteiger partial charge in [-0.15, -0.1) is 0 Å². The first-order chi connectivity index (χ1) is 20.1. The lowest BCUT2D eigenvalue weighted by atomic mass is 10.0. The Labute approximate surface area is 249 Å². The smallest absolute Gasteiger partial charge is 0.355 e. The van der Waals surface area contributed by atoms with E-state index in [2.05, 4.69) is 21.5 Å². The zero-order valence-electron chi connectivity index (χ0n) is 24.6. The van der Waals surface area contributed by atoms with Gasteiger partial charge >= 0.3 is 5.69 Å². The number of aryl methyl sites for hydroxylation is 1. The molecule has 2 atom stereocenters. The summed E-state index contributed by atoms with van der Waals surface area (Å²) in [7, 11) is 1.56. The molecule has 0 spiro atoms. The van der Waals surface area contributed by atoms with Crippen LogP contribution in [0.1, 0.15) is 44.9 Å². The predicted molar refractivity (Wildman–Crippen MR) is 165 cm³/mol. The van der Waals surface area contributed by atoms with Crippen molar-refractivity contribution in [2.75, 3.05) is 25.1 Å². The maximum absolute atomic E-state index is 14.1. The Bertz CT molecular complexity index is 1750. The van der Waals surface area contributed by atoms with Gasteiger partial charge in [0.15, 0.2) is 5.65 Å². The molecule has 0 radical (unpaired) electrons. The van der Waals surface area contributed by atoms with Gasteiger partial charge in [0.1, 0.15) is 23.0 Å². The highest BCUT2D eigenvalue weighted by molar-refractivity contribution is 6.33. The zero-order chi connectivity index (χ0) is 30.3. The molecule has 5 heterocycles. The summed E-state index contributed by atoms with van der Waals surface area (Å²) in [4.78, 5) is 49.2. The number of nitrogens with zero attached hydrogens (tertiary/aromatic N) is 7. The fraction of sp³-hybridized carbons (Fsp3) is 0.355. The normalized spacial score (nSPS) is 17.1. The first kappa shape index (κ1) is 29.2. The van der Waals surface area contributed by atoms with E-state index in [1.54, 1.807) is 42.6 Å². The number of amides is 1. The Morgan fingerprint density at radius 3 is 2.57 bits per heavy atom. The summed E-state index contributed by atoms with van der Waals surface area (Å²) in [6.07, 6.45) is 4.71. The van der Waals surface area contributed by atoms with Crippen molar-refractivity contribution in [2.24, 2.45) is 0 Å². The number of hydrogen-bond donors (Lipinski definition) is 0. The van der Waals surface area contributed by atoms with E-state index in [1.807, 2.05) is 45.6 Å². The van der Waals surface area contributed by atoms with Gasteiger partial charge in [-0.2, -0.15) is 4.98 Å². The van der Waals surface area contributed by atoms with E-state index in [4.69, 9.17) is 21.3 Å². The molecule has 0 bridgehead atoms. The van der Waals surface area contributed by atoms with Crippen LogP contribution in [-0.2, 0) is 4.79 Å². The average molecular weight is 588 g/mol. The molecule has 1 saturated heterocycles. The van der Waals surface area contributed by atoms with Crippen LogP contribution >= 0.6 is 11.6 Å². The third-order valence-electron chi connectivity index (χ3n) is 7.66. The molecular formula is C31H34ClN7O3. The minimum atomic E-state index is -0.492. The maximum atomic E-state index is 14.1. The molecule has 1 amide bonds. The fourth-order valence-electron chi connectivity index (χ4n) is 5.56. The van der Waals surface area contributed by atoms with Gasteiger partial charge in [-0.1, -0.05) is 32.0 Å². The van der Waals surface area contributed by atoms with E-state index in [-0.39, 0.29) is 23.9 Å². The molecule has 0 aromatic carbocycles. The number of rotatable bonds is 6. The van der Waals surface area contributed by atoms with Gasteiger partial charge in [-0.05, 0) is 62.6 Å². The monoisotopic (exact) mass is 587 g/mol. The SMILES string of the molecule is C=CC(=O)N1CC(C)N(c2nc(=O)n(-c3c(C)ccnc3C(C)C)c3nc(-c4ncccc4OC)c(Cl)cc23)CC1C. The van der Waals surface area contributed by atoms with Gasteiger partial charge in [0.25, 0.3) is 0 Å². The molecule has 0 N–H and O–H groups in total. The Hall–Kier alpha value is -4.31. The number of halogens is 1. The summed E-state index contributed by atoms with van der Waals surface area (Å²) in [5, 5.41) is 0.930. The van der Waals surface area contributed by atoms with E-state index >= 15 is 0 Å². The maximum Gasteiger partial charge on any atom is 0.355 e. The highest BCUT2D eigenvalue weighted by atomic mass is 35.5. The van der Waals surface area contributed by atoms with Gasteiger partial charge in [0.05, 0.1) is 28.9 Å². The molecule has 1 fully saturated rings. The molecule has 5 rings (SSSR count). The topological polar surface area (TPSA) is 106 Å². The number of carbonyl (C=O) groups excluding carboxylic acids is 1. The van der Waals surface area contributed by atoms with Crippen LogP contribution in [0.15, 0.2) is 54.1 Å². The molecule has 10 nitrogen and oxygen atoms in total. The molecular weight excluding hydrogens is 554 g/mol. The van der Waals surface area contributed by atoms with Crippen molar-refractivity contribution >= 4 is 34.4 Å². The minimum absolute atomic E-state index is 0.0283. The lowest BCUT2D eigenvalue weighted by molar-refractivity contribution is -0.128. The van der Waals surface area contributed by atoms with Crippen molar-refractivity contribution in [2.45, 2.75) is 52.6 Å². The molecule has 4 aromatic rings. The zero-order valence-corrected chi connectivity index (χ0v) is 25.4. The third kappa shape index (κ3) is 5.00. The van der Waals surface area contributed by atoms with Crippen LogP contribution in [0.25, 0.3) is 28.1 Å². The quantitative estimate of drug-likeness (QED) is 0.292. The Morgan fingerprint density at radius 2 is 1.88 bits per heavy atom. The molecule has 4 aromatic heterocycles. The number of anilines is 1. The van der Waals surface area contributed by atoms with E-state index in [0.717, 1.165) is 11.3 Å². The van der Waals surface area contributed by atoms with E-state index in [0.29, 0.717) is 57.8 Å². The lowest BCUT2D eigenvalue weighted by Crippen LogP contribution is -2.58. The van der Waals surface area contributed by atoms with Crippen LogP contribution in [-0.4, -0.2) is 67.6 Å². The second-order valence-electron chi connectivity index (χ2n) is 10.9. The molecule has 11 heteroatoms. The van der Waals surface area contributed by atoms with Crippen molar-refractivity contribution in [3.8, 4) is 22.8 Å². The summed E-state index contributed by atoms with van der Waals surface area (Å²) < 4.78 is 7.08. The van der Waals surface area contributed by atoms with Crippen LogP contribution in [0.5, 0.6) is 5.75 Å². The average Bonchev–Trinajstić information content (AvgIpc) is 2.97. The highest BCUT2D eigenvalue weighted by Crippen LogP contribution is 2.37. The second kappa shape index (κ2) is 11.5. The molecule has 1 aliphatic heterocycles. The van der Waals surface area contributed by atoms with Gasteiger partial charge in [0, 0.05) is 37.6 Å². The molecule has 0 saturated carbocycles. The van der Waals surface area contributed by atoms with Crippen molar-refractivity contribution in [3.63, 3.8) is 0 Å². The van der Waals surface area contributed by atoms with Crippen LogP contribution < -0.4 is 15.3 Å². The van der Waals surface area contributed by atoms with Crippen molar-refractivity contribution in [1.82, 2.24) is 29.4 Å². The first-order valence-electron chi connectivity index (χ1n) is 13.9. The molecule has 1 aliphatic rings. The standard InChI is InChI=1S/C31H34ClN7O3/c1-8-24(40)37-15-20(6)38(16-19(37)5)29-21-14-22(32)26(27-23(42-7)10-9-12-33-27)35-30(21)39(31(41)36-29)28-18(4)11-13-34-25(28)17(2)3/h8-14,17,19-20H,1,15-16H2,2-7H3. The largest absolute Gasteiger partial charge is 0.494 e. The summed E-state index contributed by atoms with van der Waals surface area (Å²) in [6.45, 7) is 14.5. The van der Waals surface area contributed by atoms with Crippen molar-refractivity contribution < 1.29 is 9.53 Å². The molecule has 218 valence electrons. The number of carbonyl (C=O) groups is 1. The minimum Gasteiger partial charge on any atom is -0.494 e. The van der Waals surface area contributed by atoms with Gasteiger partial charge in [0.2, 0.25) is 5.91 Å². The number of hydrogen-bond acceptors (Lipinski definition) is 8. The Balaban J connectivity index is 1.83. The van der Waals surface area contributed by atoms with Crippen LogP contribution in [0.4, 0.5) is 5.82 Å². The molecule has 2 unspecified atom stereocenters. The predicted octanol–water partition coefficient (Wildman–Crippen LogP) is 4.94. The van der Waals surface area contributed by atoms with Gasteiger partial charge in [-0.3, -0.25) is 14.8 Å². The Kier molecular flexibility index (Phi) is 8.01. The van der Waals surface area contributed by atoms with E-state index in [9.17, 15) is 9.59 Å². The fourth-order valence-corrected chi connectivity index (χ4v) is 5.80. The number of ether oxygens (including phenoxy) is 1. The number of pyridine rings is 3. The third-order valence-corrected chi connectivity index (χ3v) is 7.94. The second-order valence-corrected chi connectivity index (χ2v) is 11.3.